The Morgan fingerprint density at radius 1 is 1.27 bits per heavy atom. The van der Waals surface area contributed by atoms with Gasteiger partial charge in [0.15, 0.2) is 0 Å². The molecule has 0 radical (unpaired) electrons. The molecule has 0 aromatic heterocycles. The van der Waals surface area contributed by atoms with Crippen molar-refractivity contribution in [2.24, 2.45) is 11.7 Å². The van der Waals surface area contributed by atoms with Gasteiger partial charge in [-0.3, -0.25) is 4.90 Å². The number of hydrogen-bond donors (Lipinski definition) is 1. The molecule has 0 amide bonds. The Hall–Kier alpha value is -0.0800. The molecule has 2 fully saturated rings. The highest BCUT2D eigenvalue weighted by atomic mass is 15.2. The zero-order chi connectivity index (χ0) is 10.9. The average Bonchev–Trinajstić information content (AvgIpc) is 2.66. The Morgan fingerprint density at radius 3 is 2.73 bits per heavy atom. The van der Waals surface area contributed by atoms with Gasteiger partial charge in [0.2, 0.25) is 0 Å². The number of likely N-dealkylation sites (tertiary alicyclic amines) is 1. The monoisotopic (exact) mass is 210 g/mol. The second kappa shape index (κ2) is 4.42. The number of fused-ring (bicyclic) bond motifs is 1. The molecule has 1 saturated carbocycles. The summed E-state index contributed by atoms with van der Waals surface area (Å²) in [5, 5.41) is 0. The molecular weight excluding hydrogens is 184 g/mol. The van der Waals surface area contributed by atoms with Crippen molar-refractivity contribution in [1.29, 1.82) is 0 Å². The molecule has 0 spiro atoms. The smallest absolute Gasteiger partial charge is 0.0252 e. The lowest BCUT2D eigenvalue weighted by Gasteiger charge is -2.41. The lowest BCUT2D eigenvalue weighted by Crippen LogP contribution is -2.53. The minimum Gasteiger partial charge on any atom is -0.324 e. The molecular formula is C13H26N2. The van der Waals surface area contributed by atoms with E-state index in [1.54, 1.807) is 0 Å². The van der Waals surface area contributed by atoms with Gasteiger partial charge >= 0.3 is 0 Å². The van der Waals surface area contributed by atoms with Gasteiger partial charge < -0.3 is 5.73 Å². The van der Waals surface area contributed by atoms with Gasteiger partial charge in [0, 0.05) is 18.1 Å². The molecule has 2 rings (SSSR count). The summed E-state index contributed by atoms with van der Waals surface area (Å²) >= 11 is 0. The van der Waals surface area contributed by atoms with Gasteiger partial charge in [-0.15, -0.1) is 0 Å². The Morgan fingerprint density at radius 2 is 2.00 bits per heavy atom. The maximum absolute atomic E-state index is 6.29. The second-order valence-electron chi connectivity index (χ2n) is 5.88. The fourth-order valence-electron chi connectivity index (χ4n) is 3.33. The molecule has 0 aromatic carbocycles. The SMILES string of the molecule is CCC(C)(N)CN1CCCC2CCCC21. The average molecular weight is 210 g/mol. The quantitative estimate of drug-likeness (QED) is 0.775. The van der Waals surface area contributed by atoms with Crippen molar-refractivity contribution in [3.63, 3.8) is 0 Å². The summed E-state index contributed by atoms with van der Waals surface area (Å²) in [4.78, 5) is 2.69. The second-order valence-corrected chi connectivity index (χ2v) is 5.88. The van der Waals surface area contributed by atoms with Crippen molar-refractivity contribution in [3.8, 4) is 0 Å². The van der Waals surface area contributed by atoms with Crippen LogP contribution in [0.4, 0.5) is 0 Å². The number of nitrogens with zero attached hydrogens (tertiary/aromatic N) is 1. The van der Waals surface area contributed by atoms with E-state index in [-0.39, 0.29) is 5.54 Å². The summed E-state index contributed by atoms with van der Waals surface area (Å²) in [5.74, 6) is 0.992. The van der Waals surface area contributed by atoms with Crippen LogP contribution in [0.25, 0.3) is 0 Å². The van der Waals surface area contributed by atoms with Crippen molar-refractivity contribution in [3.05, 3.63) is 0 Å². The summed E-state index contributed by atoms with van der Waals surface area (Å²) in [6.07, 6.45) is 8.27. The Kier molecular flexibility index (Phi) is 3.36. The molecule has 0 aromatic rings. The fraction of sp³-hybridized carbons (Fsp3) is 1.00. The number of hydrogen-bond acceptors (Lipinski definition) is 2. The molecule has 2 aliphatic rings. The summed E-state index contributed by atoms with van der Waals surface area (Å²) in [7, 11) is 0. The first-order valence-corrected chi connectivity index (χ1v) is 6.65. The molecule has 1 aliphatic heterocycles. The van der Waals surface area contributed by atoms with Gasteiger partial charge in [0.25, 0.3) is 0 Å². The molecule has 88 valence electrons. The van der Waals surface area contributed by atoms with Crippen LogP contribution in [0, 0.1) is 5.92 Å². The van der Waals surface area contributed by atoms with Gasteiger partial charge in [-0.1, -0.05) is 13.3 Å². The maximum Gasteiger partial charge on any atom is 0.0252 e. The van der Waals surface area contributed by atoms with Crippen molar-refractivity contribution in [2.75, 3.05) is 13.1 Å². The Bertz CT molecular complexity index is 213. The minimum absolute atomic E-state index is 0.0183. The third kappa shape index (κ3) is 2.54. The molecule has 0 bridgehead atoms. The van der Waals surface area contributed by atoms with Gasteiger partial charge in [-0.05, 0) is 51.5 Å². The van der Waals surface area contributed by atoms with Crippen LogP contribution >= 0.6 is 0 Å². The molecule has 2 N–H and O–H groups in total. The first-order chi connectivity index (χ1) is 7.12. The van der Waals surface area contributed by atoms with Crippen LogP contribution < -0.4 is 5.73 Å². The van der Waals surface area contributed by atoms with Crippen LogP contribution in [0.15, 0.2) is 0 Å². The Labute approximate surface area is 94.2 Å². The Balaban J connectivity index is 1.96. The topological polar surface area (TPSA) is 29.3 Å². The van der Waals surface area contributed by atoms with Crippen molar-refractivity contribution in [1.82, 2.24) is 4.90 Å². The molecule has 1 saturated heterocycles. The van der Waals surface area contributed by atoms with E-state index in [4.69, 9.17) is 5.73 Å². The van der Waals surface area contributed by atoms with E-state index in [1.165, 1.54) is 38.6 Å². The van der Waals surface area contributed by atoms with E-state index >= 15 is 0 Å². The maximum atomic E-state index is 6.29. The molecule has 15 heavy (non-hydrogen) atoms. The predicted octanol–water partition coefficient (Wildman–Crippen LogP) is 2.38. The van der Waals surface area contributed by atoms with E-state index in [2.05, 4.69) is 18.7 Å². The van der Waals surface area contributed by atoms with Crippen molar-refractivity contribution < 1.29 is 0 Å². The predicted molar refractivity (Wildman–Crippen MR) is 64.8 cm³/mol. The lowest BCUT2D eigenvalue weighted by atomic mass is 9.89. The number of rotatable bonds is 3. The minimum atomic E-state index is 0.0183. The summed E-state index contributed by atoms with van der Waals surface area (Å²) in [6, 6.07) is 0.869. The normalized spacial score (nSPS) is 36.2. The van der Waals surface area contributed by atoms with E-state index in [9.17, 15) is 0 Å². The molecule has 1 aliphatic carbocycles. The zero-order valence-corrected chi connectivity index (χ0v) is 10.3. The van der Waals surface area contributed by atoms with E-state index in [1.807, 2.05) is 0 Å². The molecule has 3 atom stereocenters. The summed E-state index contributed by atoms with van der Waals surface area (Å²) < 4.78 is 0. The first kappa shape index (κ1) is 11.4. The van der Waals surface area contributed by atoms with Gasteiger partial charge in [-0.2, -0.15) is 0 Å². The van der Waals surface area contributed by atoms with Crippen LogP contribution in [0.3, 0.4) is 0 Å². The highest BCUT2D eigenvalue weighted by Crippen LogP contribution is 2.37. The third-order valence-electron chi connectivity index (χ3n) is 4.48. The van der Waals surface area contributed by atoms with Gasteiger partial charge in [0.05, 0.1) is 0 Å². The summed E-state index contributed by atoms with van der Waals surface area (Å²) in [6.45, 7) is 6.79. The molecule has 2 heteroatoms. The van der Waals surface area contributed by atoms with Crippen LogP contribution in [0.2, 0.25) is 0 Å². The standard InChI is InChI=1S/C13H26N2/c1-3-13(2,14)10-15-9-5-7-11-6-4-8-12(11)15/h11-12H,3-10,14H2,1-2H3. The lowest BCUT2D eigenvalue weighted by molar-refractivity contribution is 0.0886. The van der Waals surface area contributed by atoms with Gasteiger partial charge in [-0.25, -0.2) is 0 Å². The summed E-state index contributed by atoms with van der Waals surface area (Å²) in [5.41, 5.74) is 6.31. The van der Waals surface area contributed by atoms with Crippen LogP contribution in [0.1, 0.15) is 52.4 Å². The van der Waals surface area contributed by atoms with E-state index in [0.717, 1.165) is 24.9 Å². The van der Waals surface area contributed by atoms with Crippen molar-refractivity contribution >= 4 is 0 Å². The van der Waals surface area contributed by atoms with Crippen LogP contribution in [0.5, 0.6) is 0 Å². The highest BCUT2D eigenvalue weighted by molar-refractivity contribution is 4.92. The van der Waals surface area contributed by atoms with E-state index < -0.39 is 0 Å². The molecule has 3 unspecified atom stereocenters. The molecule has 1 heterocycles. The first-order valence-electron chi connectivity index (χ1n) is 6.65. The number of nitrogens with two attached hydrogens (primary N) is 1. The van der Waals surface area contributed by atoms with Gasteiger partial charge in [0.1, 0.15) is 0 Å². The zero-order valence-electron chi connectivity index (χ0n) is 10.3. The fourth-order valence-corrected chi connectivity index (χ4v) is 3.33. The third-order valence-corrected chi connectivity index (χ3v) is 4.48. The van der Waals surface area contributed by atoms with Crippen molar-refractivity contribution in [2.45, 2.75) is 64.0 Å². The van der Waals surface area contributed by atoms with Crippen LogP contribution in [-0.2, 0) is 0 Å². The van der Waals surface area contributed by atoms with E-state index in [0.29, 0.717) is 0 Å². The highest BCUT2D eigenvalue weighted by Gasteiger charge is 2.36. The molecule has 2 nitrogen and oxygen atoms in total. The largest absolute Gasteiger partial charge is 0.324 e. The van der Waals surface area contributed by atoms with Crippen LogP contribution in [-0.4, -0.2) is 29.6 Å². The number of piperidine rings is 1.